The van der Waals surface area contributed by atoms with Gasteiger partial charge in [-0.1, -0.05) is 12.1 Å². The lowest BCUT2D eigenvalue weighted by Gasteiger charge is -2.24. The van der Waals surface area contributed by atoms with Crippen LogP contribution in [0.1, 0.15) is 11.1 Å². The number of anilines is 1. The summed E-state index contributed by atoms with van der Waals surface area (Å²) in [6.45, 7) is 3.54. The summed E-state index contributed by atoms with van der Waals surface area (Å²) < 4.78 is 5.82. The van der Waals surface area contributed by atoms with Crippen molar-refractivity contribution in [3.05, 3.63) is 53.9 Å². The topological polar surface area (TPSA) is 37.4 Å². The van der Waals surface area contributed by atoms with Crippen molar-refractivity contribution in [1.82, 2.24) is 9.88 Å². The van der Waals surface area contributed by atoms with Gasteiger partial charge in [-0.15, -0.1) is 0 Å². The molecular weight excluding hydrogens is 262 g/mol. The van der Waals surface area contributed by atoms with Crippen LogP contribution in [-0.2, 0) is 13.0 Å². The number of likely N-dealkylation sites (N-methyl/N-ethyl adjacent to an activating group) is 1. The molecule has 4 nitrogen and oxygen atoms in total. The van der Waals surface area contributed by atoms with Gasteiger partial charge in [0.15, 0.2) is 0 Å². The Bertz CT molecular complexity index is 586. The third-order valence-corrected chi connectivity index (χ3v) is 3.73. The normalized spacial score (nSPS) is 13.4. The van der Waals surface area contributed by atoms with Crippen LogP contribution < -0.4 is 10.1 Å². The number of hydrogen-bond acceptors (Lipinski definition) is 4. The standard InChI is InChI=1S/C17H21N3O/c1-20(11-7-14-5-8-18-9-6-14)13-15-3-2-4-16-17(15)21-12-10-19-16/h2-6,8-9,19H,7,10-13H2,1H3. The van der Waals surface area contributed by atoms with Crippen LogP contribution in [0.25, 0.3) is 0 Å². The number of nitrogens with one attached hydrogen (secondary N) is 1. The lowest BCUT2D eigenvalue weighted by molar-refractivity contribution is 0.297. The van der Waals surface area contributed by atoms with Crippen LogP contribution in [0.15, 0.2) is 42.7 Å². The Labute approximate surface area is 125 Å². The molecule has 1 aromatic carbocycles. The predicted molar refractivity (Wildman–Crippen MR) is 84.7 cm³/mol. The number of pyridine rings is 1. The van der Waals surface area contributed by atoms with Crippen LogP contribution in [-0.4, -0.2) is 36.6 Å². The summed E-state index contributed by atoms with van der Waals surface area (Å²) in [7, 11) is 2.15. The highest BCUT2D eigenvalue weighted by molar-refractivity contribution is 5.61. The van der Waals surface area contributed by atoms with E-state index in [9.17, 15) is 0 Å². The fraction of sp³-hybridized carbons (Fsp3) is 0.353. The van der Waals surface area contributed by atoms with Gasteiger partial charge in [0.2, 0.25) is 0 Å². The molecule has 0 saturated heterocycles. The molecule has 0 aliphatic carbocycles. The van der Waals surface area contributed by atoms with E-state index in [1.807, 2.05) is 12.4 Å². The van der Waals surface area contributed by atoms with Gasteiger partial charge in [0.1, 0.15) is 12.4 Å². The number of benzene rings is 1. The molecule has 1 aliphatic rings. The van der Waals surface area contributed by atoms with Crippen LogP contribution >= 0.6 is 0 Å². The highest BCUT2D eigenvalue weighted by Gasteiger charge is 2.14. The SMILES string of the molecule is CN(CCc1ccncc1)Cc1cccc2c1OCCN2. The third-order valence-electron chi connectivity index (χ3n) is 3.73. The maximum absolute atomic E-state index is 5.82. The quantitative estimate of drug-likeness (QED) is 0.915. The molecule has 0 fully saturated rings. The van der Waals surface area contributed by atoms with Crippen molar-refractivity contribution < 1.29 is 4.74 Å². The second-order valence-corrected chi connectivity index (χ2v) is 5.41. The summed E-state index contributed by atoms with van der Waals surface area (Å²) in [4.78, 5) is 6.38. The summed E-state index contributed by atoms with van der Waals surface area (Å²) >= 11 is 0. The largest absolute Gasteiger partial charge is 0.489 e. The Morgan fingerprint density at radius 3 is 2.95 bits per heavy atom. The van der Waals surface area contributed by atoms with Crippen LogP contribution in [0.2, 0.25) is 0 Å². The molecular formula is C17H21N3O. The molecule has 2 aromatic rings. The zero-order valence-corrected chi connectivity index (χ0v) is 12.4. The molecule has 0 amide bonds. The first kappa shape index (κ1) is 13.9. The van der Waals surface area contributed by atoms with E-state index >= 15 is 0 Å². The molecule has 2 heterocycles. The number of para-hydroxylation sites is 1. The smallest absolute Gasteiger partial charge is 0.146 e. The molecule has 0 saturated carbocycles. The Kier molecular flexibility index (Phi) is 4.36. The molecule has 0 atom stereocenters. The summed E-state index contributed by atoms with van der Waals surface area (Å²) in [5.41, 5.74) is 3.68. The Hall–Kier alpha value is -2.07. The molecule has 1 N–H and O–H groups in total. The summed E-state index contributed by atoms with van der Waals surface area (Å²) in [5, 5.41) is 3.38. The molecule has 21 heavy (non-hydrogen) atoms. The minimum absolute atomic E-state index is 0.741. The zero-order chi connectivity index (χ0) is 14.5. The maximum atomic E-state index is 5.82. The molecule has 0 spiro atoms. The molecule has 110 valence electrons. The van der Waals surface area contributed by atoms with Crippen LogP contribution in [0.4, 0.5) is 5.69 Å². The van der Waals surface area contributed by atoms with E-state index in [1.165, 1.54) is 11.1 Å². The zero-order valence-electron chi connectivity index (χ0n) is 12.4. The van der Waals surface area contributed by atoms with Crippen LogP contribution in [0.5, 0.6) is 5.75 Å². The van der Waals surface area contributed by atoms with E-state index in [4.69, 9.17) is 4.74 Å². The summed E-state index contributed by atoms with van der Waals surface area (Å²) in [6, 6.07) is 10.5. The molecule has 3 rings (SSSR count). The number of ether oxygens (including phenoxy) is 1. The lowest BCUT2D eigenvalue weighted by atomic mass is 10.1. The van der Waals surface area contributed by atoms with Crippen molar-refractivity contribution >= 4 is 5.69 Å². The monoisotopic (exact) mass is 283 g/mol. The van der Waals surface area contributed by atoms with E-state index in [0.29, 0.717) is 0 Å². The molecule has 4 heteroatoms. The van der Waals surface area contributed by atoms with Gasteiger partial charge in [-0.2, -0.15) is 0 Å². The van der Waals surface area contributed by atoms with Crippen LogP contribution in [0.3, 0.4) is 0 Å². The third kappa shape index (κ3) is 3.52. The van der Waals surface area contributed by atoms with Crippen molar-refractivity contribution in [2.24, 2.45) is 0 Å². The van der Waals surface area contributed by atoms with E-state index in [0.717, 1.165) is 44.1 Å². The van der Waals surface area contributed by atoms with E-state index in [1.54, 1.807) is 0 Å². The van der Waals surface area contributed by atoms with Gasteiger partial charge in [0.25, 0.3) is 0 Å². The first-order valence-electron chi connectivity index (χ1n) is 7.39. The Morgan fingerprint density at radius 2 is 2.10 bits per heavy atom. The van der Waals surface area contributed by atoms with Gasteiger partial charge in [-0.3, -0.25) is 4.98 Å². The van der Waals surface area contributed by atoms with Gasteiger partial charge in [-0.05, 0) is 37.2 Å². The minimum Gasteiger partial charge on any atom is -0.489 e. The Balaban J connectivity index is 1.61. The van der Waals surface area contributed by atoms with Gasteiger partial charge in [-0.25, -0.2) is 0 Å². The van der Waals surface area contributed by atoms with Crippen molar-refractivity contribution in [3.8, 4) is 5.75 Å². The Morgan fingerprint density at radius 1 is 1.24 bits per heavy atom. The van der Waals surface area contributed by atoms with Gasteiger partial charge < -0.3 is 15.0 Å². The molecule has 1 aromatic heterocycles. The van der Waals surface area contributed by atoms with Gasteiger partial charge in [0, 0.05) is 37.6 Å². The minimum atomic E-state index is 0.741. The molecule has 0 unspecified atom stereocenters. The fourth-order valence-corrected chi connectivity index (χ4v) is 2.60. The first-order chi connectivity index (χ1) is 10.3. The number of nitrogens with zero attached hydrogens (tertiary/aromatic N) is 2. The number of rotatable bonds is 5. The number of fused-ring (bicyclic) bond motifs is 1. The highest BCUT2D eigenvalue weighted by Crippen LogP contribution is 2.31. The van der Waals surface area contributed by atoms with Crippen molar-refractivity contribution in [1.29, 1.82) is 0 Å². The first-order valence-corrected chi connectivity index (χ1v) is 7.39. The average Bonchev–Trinajstić information content (AvgIpc) is 2.54. The van der Waals surface area contributed by atoms with Crippen molar-refractivity contribution in [2.45, 2.75) is 13.0 Å². The summed E-state index contributed by atoms with van der Waals surface area (Å²) in [5.74, 6) is 1.01. The number of hydrogen-bond donors (Lipinski definition) is 1. The van der Waals surface area contributed by atoms with Gasteiger partial charge in [0.05, 0.1) is 5.69 Å². The van der Waals surface area contributed by atoms with Crippen molar-refractivity contribution in [3.63, 3.8) is 0 Å². The fourth-order valence-electron chi connectivity index (χ4n) is 2.60. The average molecular weight is 283 g/mol. The predicted octanol–water partition coefficient (Wildman–Crippen LogP) is 2.56. The van der Waals surface area contributed by atoms with E-state index in [-0.39, 0.29) is 0 Å². The number of aromatic nitrogens is 1. The lowest BCUT2D eigenvalue weighted by Crippen LogP contribution is -2.23. The summed E-state index contributed by atoms with van der Waals surface area (Å²) in [6.07, 6.45) is 4.73. The van der Waals surface area contributed by atoms with Crippen molar-refractivity contribution in [2.75, 3.05) is 32.1 Å². The molecule has 0 bridgehead atoms. The second-order valence-electron chi connectivity index (χ2n) is 5.41. The molecule has 1 aliphatic heterocycles. The van der Waals surface area contributed by atoms with Gasteiger partial charge >= 0.3 is 0 Å². The highest BCUT2D eigenvalue weighted by atomic mass is 16.5. The van der Waals surface area contributed by atoms with E-state index < -0.39 is 0 Å². The molecule has 0 radical (unpaired) electrons. The van der Waals surface area contributed by atoms with E-state index in [2.05, 4.69) is 52.6 Å². The second kappa shape index (κ2) is 6.59. The maximum Gasteiger partial charge on any atom is 0.146 e. The van der Waals surface area contributed by atoms with Crippen LogP contribution in [0, 0.1) is 0 Å².